The third-order valence-electron chi connectivity index (χ3n) is 6.32. The van der Waals surface area contributed by atoms with Gasteiger partial charge >= 0.3 is 5.97 Å². The van der Waals surface area contributed by atoms with Crippen LogP contribution in [0.5, 0.6) is 11.5 Å². The monoisotopic (exact) mass is 513 g/mol. The molecule has 3 aromatic carbocycles. The first-order valence-electron chi connectivity index (χ1n) is 11.8. The number of hydrogen-bond donors (Lipinski definition) is 1. The first-order valence-corrected chi connectivity index (χ1v) is 12.6. The van der Waals surface area contributed by atoms with E-state index in [1.165, 1.54) is 0 Å². The van der Waals surface area contributed by atoms with Crippen molar-refractivity contribution in [3.8, 4) is 11.5 Å². The van der Waals surface area contributed by atoms with E-state index in [0.29, 0.717) is 60.7 Å². The predicted molar refractivity (Wildman–Crippen MR) is 139 cm³/mol. The average molecular weight is 514 g/mol. The summed E-state index contributed by atoms with van der Waals surface area (Å²) in [6.45, 7) is 4.22. The molecule has 1 N–H and O–H groups in total. The number of benzene rings is 3. The lowest BCUT2D eigenvalue weighted by molar-refractivity contribution is -0.143. The number of carbonyl (C=O) groups is 1. The van der Waals surface area contributed by atoms with Gasteiger partial charge < -0.3 is 14.6 Å². The molecule has 1 heterocycles. The van der Waals surface area contributed by atoms with Gasteiger partial charge in [-0.05, 0) is 73.8 Å². The zero-order valence-electron chi connectivity index (χ0n) is 19.6. The van der Waals surface area contributed by atoms with E-state index < -0.39 is 5.97 Å². The number of carboxylic acids is 1. The molecule has 4 rings (SSSR count). The first-order chi connectivity index (χ1) is 17.0. The summed E-state index contributed by atoms with van der Waals surface area (Å²) in [4.78, 5) is 13.8. The SMILES string of the molecule is CCOc1cc(C(c2ccc(Cl)c(Cl)c2)N2CCC(C(=O)O)CC2)ccc1OCc1ccccc1. The Kier molecular flexibility index (Phi) is 8.55. The Morgan fingerprint density at radius 2 is 1.63 bits per heavy atom. The molecule has 1 saturated heterocycles. The van der Waals surface area contributed by atoms with E-state index in [1.807, 2.05) is 67.6 Å². The minimum atomic E-state index is -0.728. The first kappa shape index (κ1) is 25.4. The second-order valence-electron chi connectivity index (χ2n) is 8.64. The average Bonchev–Trinajstić information content (AvgIpc) is 2.87. The van der Waals surface area contributed by atoms with E-state index in [1.54, 1.807) is 6.07 Å². The largest absolute Gasteiger partial charge is 0.490 e. The van der Waals surface area contributed by atoms with Crippen molar-refractivity contribution >= 4 is 29.2 Å². The molecule has 0 radical (unpaired) electrons. The molecule has 184 valence electrons. The third kappa shape index (κ3) is 6.29. The maximum atomic E-state index is 11.5. The minimum Gasteiger partial charge on any atom is -0.490 e. The predicted octanol–water partition coefficient (Wildman–Crippen LogP) is 6.86. The summed E-state index contributed by atoms with van der Waals surface area (Å²) in [5.74, 6) is 0.311. The number of hydrogen-bond acceptors (Lipinski definition) is 4. The quantitative estimate of drug-likeness (QED) is 0.338. The second-order valence-corrected chi connectivity index (χ2v) is 9.45. The van der Waals surface area contributed by atoms with Gasteiger partial charge in [0.2, 0.25) is 0 Å². The van der Waals surface area contributed by atoms with Crippen LogP contribution in [0.15, 0.2) is 66.7 Å². The van der Waals surface area contributed by atoms with Gasteiger partial charge in [0.15, 0.2) is 11.5 Å². The van der Waals surface area contributed by atoms with Crippen LogP contribution in [-0.4, -0.2) is 35.7 Å². The van der Waals surface area contributed by atoms with Crippen LogP contribution in [0, 0.1) is 5.92 Å². The van der Waals surface area contributed by atoms with E-state index in [4.69, 9.17) is 32.7 Å². The number of likely N-dealkylation sites (tertiary alicyclic amines) is 1. The van der Waals surface area contributed by atoms with Crippen LogP contribution in [0.1, 0.15) is 42.5 Å². The Labute approximate surface area is 216 Å². The fourth-order valence-electron chi connectivity index (χ4n) is 4.52. The summed E-state index contributed by atoms with van der Waals surface area (Å²) in [6, 6.07) is 21.5. The van der Waals surface area contributed by atoms with Gasteiger partial charge in [0.05, 0.1) is 28.6 Å². The molecule has 7 heteroatoms. The van der Waals surface area contributed by atoms with Crippen molar-refractivity contribution in [2.45, 2.75) is 32.4 Å². The number of piperidine rings is 1. The number of nitrogens with zero attached hydrogens (tertiary/aromatic N) is 1. The van der Waals surface area contributed by atoms with Crippen molar-refractivity contribution in [3.63, 3.8) is 0 Å². The fraction of sp³-hybridized carbons (Fsp3) is 0.321. The van der Waals surface area contributed by atoms with Crippen molar-refractivity contribution in [1.29, 1.82) is 0 Å². The molecule has 1 aliphatic rings. The van der Waals surface area contributed by atoms with Crippen molar-refractivity contribution in [2.75, 3.05) is 19.7 Å². The maximum absolute atomic E-state index is 11.5. The van der Waals surface area contributed by atoms with Crippen LogP contribution in [0.25, 0.3) is 0 Å². The van der Waals surface area contributed by atoms with E-state index in [0.717, 1.165) is 16.7 Å². The summed E-state index contributed by atoms with van der Waals surface area (Å²) in [5.41, 5.74) is 3.09. The molecule has 0 amide bonds. The van der Waals surface area contributed by atoms with E-state index in [9.17, 15) is 9.90 Å². The molecule has 1 unspecified atom stereocenters. The van der Waals surface area contributed by atoms with Crippen molar-refractivity contribution in [3.05, 3.63) is 93.5 Å². The Bertz CT molecular complexity index is 1150. The van der Waals surface area contributed by atoms with Gasteiger partial charge in [-0.3, -0.25) is 9.69 Å². The molecular formula is C28H29Cl2NO4. The molecule has 0 saturated carbocycles. The molecule has 5 nitrogen and oxygen atoms in total. The van der Waals surface area contributed by atoms with E-state index in [-0.39, 0.29) is 12.0 Å². The number of ether oxygens (including phenoxy) is 2. The van der Waals surface area contributed by atoms with Crippen molar-refractivity contribution < 1.29 is 19.4 Å². The number of carboxylic acid groups (broad SMARTS) is 1. The summed E-state index contributed by atoms with van der Waals surface area (Å²) >= 11 is 12.6. The smallest absolute Gasteiger partial charge is 0.306 e. The molecule has 35 heavy (non-hydrogen) atoms. The molecular weight excluding hydrogens is 485 g/mol. The highest BCUT2D eigenvalue weighted by atomic mass is 35.5. The molecule has 0 spiro atoms. The molecule has 0 aromatic heterocycles. The van der Waals surface area contributed by atoms with Crippen molar-refractivity contribution in [1.82, 2.24) is 4.90 Å². The Balaban J connectivity index is 1.65. The number of aliphatic carboxylic acids is 1. The van der Waals surface area contributed by atoms with E-state index >= 15 is 0 Å². The number of halogens is 2. The van der Waals surface area contributed by atoms with Crippen molar-refractivity contribution in [2.24, 2.45) is 5.92 Å². The van der Waals surface area contributed by atoms with Gasteiger partial charge in [-0.2, -0.15) is 0 Å². The van der Waals surface area contributed by atoms with Gasteiger partial charge in [0.1, 0.15) is 6.61 Å². The normalized spacial score (nSPS) is 15.5. The number of rotatable bonds is 9. The minimum absolute atomic E-state index is 0.123. The summed E-state index contributed by atoms with van der Waals surface area (Å²) in [6.07, 6.45) is 1.20. The van der Waals surface area contributed by atoms with Gasteiger partial charge in [-0.15, -0.1) is 0 Å². The van der Waals surface area contributed by atoms with Crippen LogP contribution in [-0.2, 0) is 11.4 Å². The third-order valence-corrected chi connectivity index (χ3v) is 7.06. The topological polar surface area (TPSA) is 59.0 Å². The van der Waals surface area contributed by atoms with Crippen LogP contribution in [0.2, 0.25) is 10.0 Å². The van der Waals surface area contributed by atoms with Gasteiger partial charge in [-0.25, -0.2) is 0 Å². The lowest BCUT2D eigenvalue weighted by Crippen LogP contribution is -2.39. The van der Waals surface area contributed by atoms with Crippen LogP contribution >= 0.6 is 23.2 Å². The van der Waals surface area contributed by atoms with E-state index in [2.05, 4.69) is 4.90 Å². The molecule has 0 aliphatic carbocycles. The second kappa shape index (κ2) is 11.8. The van der Waals surface area contributed by atoms with Crippen LogP contribution in [0.4, 0.5) is 0 Å². The van der Waals surface area contributed by atoms with Gasteiger partial charge in [0.25, 0.3) is 0 Å². The molecule has 1 aliphatic heterocycles. The summed E-state index contributed by atoms with van der Waals surface area (Å²) < 4.78 is 12.1. The maximum Gasteiger partial charge on any atom is 0.306 e. The fourth-order valence-corrected chi connectivity index (χ4v) is 4.83. The molecule has 0 bridgehead atoms. The van der Waals surface area contributed by atoms with Crippen LogP contribution in [0.3, 0.4) is 0 Å². The Morgan fingerprint density at radius 1 is 0.943 bits per heavy atom. The zero-order valence-corrected chi connectivity index (χ0v) is 21.1. The van der Waals surface area contributed by atoms with Crippen LogP contribution < -0.4 is 9.47 Å². The standard InChI is InChI=1S/C28H29Cl2NO4/c1-2-34-26-17-22(9-11-25(26)35-18-19-6-4-3-5-7-19)27(21-8-10-23(29)24(30)16-21)31-14-12-20(13-15-31)28(32)33/h3-11,16-17,20,27H,2,12-15,18H2,1H3,(H,32,33). The lowest BCUT2D eigenvalue weighted by Gasteiger charge is -2.37. The lowest BCUT2D eigenvalue weighted by atomic mass is 9.91. The van der Waals surface area contributed by atoms with Gasteiger partial charge in [-0.1, -0.05) is 65.7 Å². The zero-order chi connectivity index (χ0) is 24.8. The Hall–Kier alpha value is -2.73. The Morgan fingerprint density at radius 3 is 2.29 bits per heavy atom. The highest BCUT2D eigenvalue weighted by Crippen LogP contribution is 2.39. The van der Waals surface area contributed by atoms with Gasteiger partial charge in [0, 0.05) is 0 Å². The summed E-state index contributed by atoms with van der Waals surface area (Å²) in [5, 5.41) is 10.4. The summed E-state index contributed by atoms with van der Waals surface area (Å²) in [7, 11) is 0. The molecule has 1 atom stereocenters. The molecule has 1 fully saturated rings. The molecule has 3 aromatic rings. The highest BCUT2D eigenvalue weighted by molar-refractivity contribution is 6.42. The highest BCUT2D eigenvalue weighted by Gasteiger charge is 2.31.